The van der Waals surface area contributed by atoms with E-state index in [1.807, 2.05) is 6.92 Å². The molecule has 1 heterocycles. The molecule has 226 valence electrons. The number of nitrogens with zero attached hydrogens (tertiary/aromatic N) is 2. The Kier molecular flexibility index (Phi) is 9.48. The van der Waals surface area contributed by atoms with E-state index in [-0.39, 0.29) is 52.4 Å². The highest BCUT2D eigenvalue weighted by atomic mass is 35.5. The van der Waals surface area contributed by atoms with Gasteiger partial charge in [0.05, 0.1) is 34.5 Å². The number of amides is 1. The average Bonchev–Trinajstić information content (AvgIpc) is 2.95. The van der Waals surface area contributed by atoms with E-state index in [2.05, 4.69) is 4.72 Å². The highest BCUT2D eigenvalue weighted by Crippen LogP contribution is 2.32. The van der Waals surface area contributed by atoms with Crippen LogP contribution in [0.1, 0.15) is 24.2 Å². The summed E-state index contributed by atoms with van der Waals surface area (Å²) >= 11 is 5.91. The number of carbonyl (C=O) groups excluding carboxylic acids is 1. The van der Waals surface area contributed by atoms with Gasteiger partial charge in [-0.15, -0.1) is 0 Å². The molecule has 0 fully saturated rings. The Labute approximate surface area is 249 Å². The number of ether oxygens (including phenoxy) is 1. The van der Waals surface area contributed by atoms with Crippen molar-refractivity contribution in [2.24, 2.45) is 5.92 Å². The Morgan fingerprint density at radius 2 is 1.69 bits per heavy atom. The molecule has 0 unspecified atom stereocenters. The zero-order valence-corrected chi connectivity index (χ0v) is 25.5. The van der Waals surface area contributed by atoms with Gasteiger partial charge >= 0.3 is 0 Å². The van der Waals surface area contributed by atoms with Crippen molar-refractivity contribution in [2.45, 2.75) is 35.8 Å². The first kappa shape index (κ1) is 31.7. The lowest BCUT2D eigenvalue weighted by molar-refractivity contribution is 0.0387. The molecule has 3 aromatic rings. The van der Waals surface area contributed by atoms with Crippen LogP contribution in [0, 0.1) is 11.7 Å². The van der Waals surface area contributed by atoms with E-state index in [1.165, 1.54) is 54.4 Å². The standard InChI is InChI=1S/C28H31ClFN3O7S2/c1-18-15-33(19(2)17-34)28(35)25-14-22(31-41(36,37)23-11-6-21(30)7-12-23)8-13-26(25)40-27(18)16-32(3)42(38,39)24-9-4-20(29)5-10-24/h4-14,18-19,27,31,34H,15-17H2,1-3H3/t18-,19-,27-/m0/s1. The summed E-state index contributed by atoms with van der Waals surface area (Å²) in [5.74, 6) is -1.34. The highest BCUT2D eigenvalue weighted by Gasteiger charge is 2.35. The van der Waals surface area contributed by atoms with E-state index in [9.17, 15) is 31.1 Å². The highest BCUT2D eigenvalue weighted by molar-refractivity contribution is 7.92. The van der Waals surface area contributed by atoms with E-state index < -0.39 is 43.9 Å². The second-order valence-electron chi connectivity index (χ2n) is 10.1. The molecule has 1 aliphatic rings. The maximum atomic E-state index is 13.7. The Morgan fingerprint density at radius 3 is 2.31 bits per heavy atom. The summed E-state index contributed by atoms with van der Waals surface area (Å²) in [6.45, 7) is 3.21. The number of hydrogen-bond acceptors (Lipinski definition) is 7. The number of fused-ring (bicyclic) bond motifs is 1. The normalized spacial score (nSPS) is 18.5. The van der Waals surface area contributed by atoms with Crippen molar-refractivity contribution in [2.75, 3.05) is 31.5 Å². The average molecular weight is 640 g/mol. The molecule has 0 aromatic heterocycles. The van der Waals surface area contributed by atoms with Gasteiger partial charge in [0.1, 0.15) is 17.7 Å². The molecule has 42 heavy (non-hydrogen) atoms. The number of benzene rings is 3. The van der Waals surface area contributed by atoms with Crippen molar-refractivity contribution in [3.8, 4) is 5.75 Å². The number of likely N-dealkylation sites (N-methyl/N-ethyl adjacent to an activating group) is 1. The van der Waals surface area contributed by atoms with Gasteiger partial charge in [-0.2, -0.15) is 4.31 Å². The van der Waals surface area contributed by atoms with Crippen LogP contribution in [0.5, 0.6) is 5.75 Å². The third kappa shape index (κ3) is 6.87. The van der Waals surface area contributed by atoms with Crippen molar-refractivity contribution < 1.29 is 35.9 Å². The van der Waals surface area contributed by atoms with Gasteiger partial charge in [0.15, 0.2) is 0 Å². The van der Waals surface area contributed by atoms with Gasteiger partial charge in [0.25, 0.3) is 15.9 Å². The monoisotopic (exact) mass is 639 g/mol. The summed E-state index contributed by atoms with van der Waals surface area (Å²) in [6, 6.07) is 13.6. The molecule has 4 rings (SSSR count). The molecule has 10 nitrogen and oxygen atoms in total. The Balaban J connectivity index is 1.68. The molecule has 1 amide bonds. The van der Waals surface area contributed by atoms with Crippen LogP contribution in [-0.2, 0) is 20.0 Å². The van der Waals surface area contributed by atoms with Gasteiger partial charge < -0.3 is 14.7 Å². The molecule has 0 radical (unpaired) electrons. The van der Waals surface area contributed by atoms with E-state index in [0.29, 0.717) is 5.02 Å². The molecular weight excluding hydrogens is 609 g/mol. The lowest BCUT2D eigenvalue weighted by Gasteiger charge is -2.38. The first-order valence-corrected chi connectivity index (χ1v) is 16.3. The summed E-state index contributed by atoms with van der Waals surface area (Å²) in [4.78, 5) is 15.0. The van der Waals surface area contributed by atoms with Crippen LogP contribution < -0.4 is 9.46 Å². The quantitative estimate of drug-likeness (QED) is 0.364. The number of anilines is 1. The van der Waals surface area contributed by atoms with Crippen molar-refractivity contribution in [3.63, 3.8) is 0 Å². The Bertz CT molecular complexity index is 1650. The van der Waals surface area contributed by atoms with Crippen LogP contribution in [0.4, 0.5) is 10.1 Å². The van der Waals surface area contributed by atoms with Gasteiger partial charge in [-0.3, -0.25) is 9.52 Å². The van der Waals surface area contributed by atoms with Crippen molar-refractivity contribution in [1.82, 2.24) is 9.21 Å². The van der Waals surface area contributed by atoms with E-state index in [1.54, 1.807) is 6.92 Å². The summed E-state index contributed by atoms with van der Waals surface area (Å²) in [7, 11) is -6.59. The van der Waals surface area contributed by atoms with E-state index in [4.69, 9.17) is 16.3 Å². The molecule has 0 bridgehead atoms. The van der Waals surface area contributed by atoms with Crippen molar-refractivity contribution in [1.29, 1.82) is 0 Å². The van der Waals surface area contributed by atoms with E-state index >= 15 is 0 Å². The first-order valence-electron chi connectivity index (χ1n) is 13.0. The number of hydrogen-bond donors (Lipinski definition) is 2. The second kappa shape index (κ2) is 12.6. The lowest BCUT2D eigenvalue weighted by atomic mass is 9.99. The topological polar surface area (TPSA) is 133 Å². The molecule has 0 spiro atoms. The zero-order chi connectivity index (χ0) is 30.8. The molecule has 3 aromatic carbocycles. The van der Waals surface area contributed by atoms with Crippen molar-refractivity contribution in [3.05, 3.63) is 83.1 Å². The molecular formula is C28H31ClFN3O7S2. The molecule has 0 saturated heterocycles. The fraction of sp³-hybridized carbons (Fsp3) is 0.321. The molecule has 0 saturated carbocycles. The number of rotatable bonds is 9. The SMILES string of the molecule is C[C@H]1CN([C@@H](C)CO)C(=O)c2cc(NS(=O)(=O)c3ccc(F)cc3)ccc2O[C@H]1CN(C)S(=O)(=O)c1ccc(Cl)cc1. The van der Waals surface area contributed by atoms with Gasteiger partial charge in [0, 0.05) is 30.2 Å². The largest absolute Gasteiger partial charge is 0.488 e. The minimum absolute atomic E-state index is 0.0229. The van der Waals surface area contributed by atoms with E-state index in [0.717, 1.165) is 28.6 Å². The maximum Gasteiger partial charge on any atom is 0.261 e. The van der Waals surface area contributed by atoms with Crippen LogP contribution in [0.25, 0.3) is 0 Å². The van der Waals surface area contributed by atoms with Crippen LogP contribution in [0.15, 0.2) is 76.5 Å². The van der Waals surface area contributed by atoms with Crippen LogP contribution in [-0.4, -0.2) is 75.9 Å². The number of carbonyl (C=O) groups is 1. The third-order valence-electron chi connectivity index (χ3n) is 7.00. The number of nitrogens with one attached hydrogen (secondary N) is 1. The zero-order valence-electron chi connectivity index (χ0n) is 23.1. The summed E-state index contributed by atoms with van der Waals surface area (Å²) in [5, 5.41) is 10.3. The molecule has 0 aliphatic carbocycles. The number of halogens is 2. The fourth-order valence-electron chi connectivity index (χ4n) is 4.47. The molecule has 14 heteroatoms. The van der Waals surface area contributed by atoms with Gasteiger partial charge in [0.2, 0.25) is 10.0 Å². The second-order valence-corrected chi connectivity index (χ2v) is 14.3. The molecule has 3 atom stereocenters. The van der Waals surface area contributed by atoms with Crippen LogP contribution in [0.2, 0.25) is 5.02 Å². The van der Waals surface area contributed by atoms with Gasteiger partial charge in [-0.1, -0.05) is 18.5 Å². The van der Waals surface area contributed by atoms with Crippen molar-refractivity contribution >= 4 is 43.2 Å². The predicted octanol–water partition coefficient (Wildman–Crippen LogP) is 3.82. The first-order chi connectivity index (χ1) is 19.7. The molecule has 2 N–H and O–H groups in total. The van der Waals surface area contributed by atoms with Crippen LogP contribution >= 0.6 is 11.6 Å². The predicted molar refractivity (Wildman–Crippen MR) is 156 cm³/mol. The fourth-order valence-corrected chi connectivity index (χ4v) is 6.83. The minimum atomic E-state index is -4.11. The summed E-state index contributed by atoms with van der Waals surface area (Å²) in [6.07, 6.45) is -0.723. The third-order valence-corrected chi connectivity index (χ3v) is 10.5. The number of sulfonamides is 2. The maximum absolute atomic E-state index is 13.7. The Morgan fingerprint density at radius 1 is 1.07 bits per heavy atom. The van der Waals surface area contributed by atoms with Gasteiger partial charge in [-0.05, 0) is 73.7 Å². The van der Waals surface area contributed by atoms with Gasteiger partial charge in [-0.25, -0.2) is 21.2 Å². The Hall–Kier alpha value is -3.23. The number of aliphatic hydroxyl groups is 1. The summed E-state index contributed by atoms with van der Waals surface area (Å²) < 4.78 is 75.4. The number of aliphatic hydroxyl groups excluding tert-OH is 1. The van der Waals surface area contributed by atoms with Crippen LogP contribution in [0.3, 0.4) is 0 Å². The lowest BCUT2D eigenvalue weighted by Crippen LogP contribution is -2.50. The smallest absolute Gasteiger partial charge is 0.261 e. The minimum Gasteiger partial charge on any atom is -0.488 e. The summed E-state index contributed by atoms with van der Waals surface area (Å²) in [5.41, 5.74) is 0.0777. The molecule has 1 aliphatic heterocycles.